The Balaban J connectivity index is 1.83. The molecule has 27 heavy (non-hydrogen) atoms. The molecule has 0 atom stereocenters. The summed E-state index contributed by atoms with van der Waals surface area (Å²) in [6.07, 6.45) is 0.687. The van der Waals surface area contributed by atoms with Crippen LogP contribution in [-0.2, 0) is 16.4 Å². The van der Waals surface area contributed by atoms with Crippen molar-refractivity contribution in [2.24, 2.45) is 0 Å². The van der Waals surface area contributed by atoms with Gasteiger partial charge in [0.25, 0.3) is 15.9 Å². The maximum absolute atomic E-state index is 12.9. The summed E-state index contributed by atoms with van der Waals surface area (Å²) in [4.78, 5) is 12.4. The number of benzene rings is 2. The van der Waals surface area contributed by atoms with Gasteiger partial charge >= 0.3 is 0 Å². The van der Waals surface area contributed by atoms with Gasteiger partial charge in [-0.3, -0.25) is 9.10 Å². The fraction of sp³-hybridized carbons (Fsp3) is 0.150. The predicted molar refractivity (Wildman–Crippen MR) is 105 cm³/mol. The standard InChI is InChI=1S/C20H20N2O4S/c1-3-17-12-13-19(26-17)20(23)21-15-8-7-11-18(14-15)27(24,25)22(2)16-9-5-4-6-10-16/h4-14H,3H2,1-2H3,(H,21,23). The number of carbonyl (C=O) groups excluding carboxylic acids is 1. The Bertz CT molecular complexity index is 1040. The number of hydrogen-bond donors (Lipinski definition) is 1. The molecule has 1 N–H and O–H groups in total. The molecule has 0 saturated heterocycles. The highest BCUT2D eigenvalue weighted by atomic mass is 32.2. The first-order chi connectivity index (χ1) is 12.9. The molecule has 6 nitrogen and oxygen atoms in total. The minimum atomic E-state index is -3.76. The number of rotatable bonds is 6. The first-order valence-corrected chi connectivity index (χ1v) is 9.90. The molecule has 0 spiro atoms. The van der Waals surface area contributed by atoms with Gasteiger partial charge in [0.15, 0.2) is 5.76 Å². The highest BCUT2D eigenvalue weighted by molar-refractivity contribution is 7.92. The van der Waals surface area contributed by atoms with Gasteiger partial charge in [-0.15, -0.1) is 0 Å². The van der Waals surface area contributed by atoms with E-state index in [-0.39, 0.29) is 10.7 Å². The lowest BCUT2D eigenvalue weighted by molar-refractivity contribution is 0.0995. The summed E-state index contributed by atoms with van der Waals surface area (Å²) in [7, 11) is -2.27. The third-order valence-corrected chi connectivity index (χ3v) is 5.89. The maximum Gasteiger partial charge on any atom is 0.291 e. The van der Waals surface area contributed by atoms with Crippen LogP contribution < -0.4 is 9.62 Å². The summed E-state index contributed by atoms with van der Waals surface area (Å²) >= 11 is 0. The van der Waals surface area contributed by atoms with Crippen molar-refractivity contribution in [1.29, 1.82) is 0 Å². The van der Waals surface area contributed by atoms with Crippen LogP contribution in [0.25, 0.3) is 0 Å². The van der Waals surface area contributed by atoms with Crippen LogP contribution in [0.1, 0.15) is 23.2 Å². The molecule has 140 valence electrons. The molecule has 2 aromatic carbocycles. The number of anilines is 2. The predicted octanol–water partition coefficient (Wildman–Crippen LogP) is 3.92. The van der Waals surface area contributed by atoms with Crippen molar-refractivity contribution >= 4 is 27.3 Å². The van der Waals surface area contributed by atoms with E-state index in [4.69, 9.17) is 4.42 Å². The van der Waals surface area contributed by atoms with Crippen molar-refractivity contribution in [3.8, 4) is 0 Å². The molecular weight excluding hydrogens is 364 g/mol. The molecule has 0 aliphatic heterocycles. The van der Waals surface area contributed by atoms with Crippen molar-refractivity contribution < 1.29 is 17.6 Å². The number of nitrogens with zero attached hydrogens (tertiary/aromatic N) is 1. The lowest BCUT2D eigenvalue weighted by Gasteiger charge is -2.19. The Kier molecular flexibility index (Phi) is 5.32. The number of furan rings is 1. The van der Waals surface area contributed by atoms with E-state index in [9.17, 15) is 13.2 Å². The van der Waals surface area contributed by atoms with Crippen molar-refractivity contribution in [2.45, 2.75) is 18.2 Å². The molecule has 0 radical (unpaired) electrons. The zero-order valence-electron chi connectivity index (χ0n) is 15.0. The second kappa shape index (κ2) is 7.67. The van der Waals surface area contributed by atoms with Gasteiger partial charge in [-0.25, -0.2) is 8.42 Å². The zero-order valence-corrected chi connectivity index (χ0v) is 15.9. The number of nitrogens with one attached hydrogen (secondary N) is 1. The molecule has 0 saturated carbocycles. The Morgan fingerprint density at radius 1 is 1.04 bits per heavy atom. The number of sulfonamides is 1. The van der Waals surface area contributed by atoms with Crippen LogP contribution in [0.3, 0.4) is 0 Å². The number of para-hydroxylation sites is 1. The molecule has 1 aromatic heterocycles. The van der Waals surface area contributed by atoms with Gasteiger partial charge in [0.1, 0.15) is 5.76 Å². The SMILES string of the molecule is CCc1ccc(C(=O)Nc2cccc(S(=O)(=O)N(C)c3ccccc3)c2)o1. The third-order valence-electron chi connectivity index (χ3n) is 4.10. The highest BCUT2D eigenvalue weighted by Crippen LogP contribution is 2.24. The van der Waals surface area contributed by atoms with Gasteiger partial charge in [-0.2, -0.15) is 0 Å². The Labute approximate surface area is 158 Å². The Morgan fingerprint density at radius 3 is 2.44 bits per heavy atom. The molecule has 0 fully saturated rings. The van der Waals surface area contributed by atoms with Gasteiger partial charge in [-0.1, -0.05) is 31.2 Å². The van der Waals surface area contributed by atoms with Crippen molar-refractivity contribution in [1.82, 2.24) is 0 Å². The third kappa shape index (κ3) is 4.03. The molecule has 1 amide bonds. The second-order valence-electron chi connectivity index (χ2n) is 5.91. The monoisotopic (exact) mass is 384 g/mol. The van der Waals surface area contributed by atoms with E-state index < -0.39 is 15.9 Å². The lowest BCUT2D eigenvalue weighted by Crippen LogP contribution is -2.26. The summed E-state index contributed by atoms with van der Waals surface area (Å²) in [6.45, 7) is 1.93. The molecule has 3 rings (SSSR count). The molecule has 0 aliphatic rings. The Morgan fingerprint density at radius 2 is 1.78 bits per heavy atom. The van der Waals surface area contributed by atoms with E-state index in [2.05, 4.69) is 5.32 Å². The van der Waals surface area contributed by atoms with Crippen LogP contribution in [0.2, 0.25) is 0 Å². The van der Waals surface area contributed by atoms with Crippen molar-refractivity contribution in [2.75, 3.05) is 16.7 Å². The fourth-order valence-corrected chi connectivity index (χ4v) is 3.79. The quantitative estimate of drug-likeness (QED) is 0.699. The van der Waals surface area contributed by atoms with E-state index in [1.54, 1.807) is 48.5 Å². The molecule has 3 aromatic rings. The first kappa shape index (κ1) is 18.7. The highest BCUT2D eigenvalue weighted by Gasteiger charge is 2.22. The summed E-state index contributed by atoms with van der Waals surface area (Å²) in [5.74, 6) is 0.461. The molecule has 7 heteroatoms. The lowest BCUT2D eigenvalue weighted by atomic mass is 10.3. The van der Waals surface area contributed by atoms with Gasteiger partial charge in [0, 0.05) is 19.2 Å². The summed E-state index contributed by atoms with van der Waals surface area (Å²) < 4.78 is 32.4. The van der Waals surface area contributed by atoms with E-state index in [1.165, 1.54) is 23.5 Å². The van der Waals surface area contributed by atoms with Crippen LogP contribution >= 0.6 is 0 Å². The minimum Gasteiger partial charge on any atom is -0.456 e. The van der Waals surface area contributed by atoms with Crippen LogP contribution in [0, 0.1) is 0 Å². The van der Waals surface area contributed by atoms with Crippen LogP contribution in [0.15, 0.2) is 76.0 Å². The van der Waals surface area contributed by atoms with Crippen LogP contribution in [0.5, 0.6) is 0 Å². The van der Waals surface area contributed by atoms with Crippen molar-refractivity contribution in [3.05, 3.63) is 78.3 Å². The van der Waals surface area contributed by atoms with Gasteiger partial charge < -0.3 is 9.73 Å². The minimum absolute atomic E-state index is 0.0837. The number of carbonyl (C=O) groups is 1. The van der Waals surface area contributed by atoms with E-state index in [0.717, 1.165) is 0 Å². The Hall–Kier alpha value is -3.06. The average Bonchev–Trinajstić information content (AvgIpc) is 3.18. The first-order valence-electron chi connectivity index (χ1n) is 8.46. The summed E-state index contributed by atoms with van der Waals surface area (Å²) in [6, 6.07) is 18.3. The fourth-order valence-electron chi connectivity index (χ4n) is 2.55. The zero-order chi connectivity index (χ0) is 19.4. The largest absolute Gasteiger partial charge is 0.456 e. The van der Waals surface area contributed by atoms with Crippen LogP contribution in [0.4, 0.5) is 11.4 Å². The molecule has 0 bridgehead atoms. The molecule has 1 heterocycles. The number of hydrogen-bond acceptors (Lipinski definition) is 4. The topological polar surface area (TPSA) is 79.6 Å². The van der Waals surface area contributed by atoms with E-state index in [1.807, 2.05) is 13.0 Å². The molecule has 0 unspecified atom stereocenters. The van der Waals surface area contributed by atoms with Crippen LogP contribution in [-0.4, -0.2) is 21.4 Å². The van der Waals surface area contributed by atoms with Gasteiger partial charge in [0.05, 0.1) is 10.6 Å². The van der Waals surface area contributed by atoms with Crippen molar-refractivity contribution in [3.63, 3.8) is 0 Å². The average molecular weight is 384 g/mol. The smallest absolute Gasteiger partial charge is 0.291 e. The summed E-state index contributed by atoms with van der Waals surface area (Å²) in [5.41, 5.74) is 0.923. The molecular formula is C20H20N2O4S. The normalized spacial score (nSPS) is 11.2. The number of aryl methyl sites for hydroxylation is 1. The van der Waals surface area contributed by atoms with Gasteiger partial charge in [-0.05, 0) is 42.5 Å². The number of amides is 1. The molecule has 0 aliphatic carbocycles. The van der Waals surface area contributed by atoms with E-state index in [0.29, 0.717) is 23.6 Å². The van der Waals surface area contributed by atoms with E-state index >= 15 is 0 Å². The van der Waals surface area contributed by atoms with Gasteiger partial charge in [0.2, 0.25) is 0 Å². The summed E-state index contributed by atoms with van der Waals surface area (Å²) in [5, 5.41) is 2.67. The second-order valence-corrected chi connectivity index (χ2v) is 7.88. The maximum atomic E-state index is 12.9.